The SMILES string of the molecule is Cn1c(NCC(=O)c2ccc([N+](=O)[O-])cc2)nc(-c2ccncn2)cc1=O. The molecule has 0 amide bonds. The Kier molecular flexibility index (Phi) is 4.97. The molecule has 0 atom stereocenters. The van der Waals surface area contributed by atoms with Gasteiger partial charge in [-0.3, -0.25) is 24.3 Å². The van der Waals surface area contributed by atoms with E-state index in [2.05, 4.69) is 20.3 Å². The number of Topliss-reactive ketones (excluding diaryl/α,β-unsaturated/α-hetero) is 1. The van der Waals surface area contributed by atoms with E-state index < -0.39 is 4.92 Å². The van der Waals surface area contributed by atoms with E-state index >= 15 is 0 Å². The van der Waals surface area contributed by atoms with Crippen molar-refractivity contribution in [3.8, 4) is 11.4 Å². The highest BCUT2D eigenvalue weighted by Crippen LogP contribution is 2.14. The second-order valence-corrected chi connectivity index (χ2v) is 5.54. The summed E-state index contributed by atoms with van der Waals surface area (Å²) in [5.74, 6) is -0.0991. The third kappa shape index (κ3) is 4.00. The van der Waals surface area contributed by atoms with Crippen LogP contribution in [0.1, 0.15) is 10.4 Å². The summed E-state index contributed by atoms with van der Waals surface area (Å²) in [6, 6.07) is 8.24. The molecule has 27 heavy (non-hydrogen) atoms. The fourth-order valence-electron chi connectivity index (χ4n) is 2.30. The molecule has 10 heteroatoms. The number of nitrogens with one attached hydrogen (secondary N) is 1. The van der Waals surface area contributed by atoms with Gasteiger partial charge in [-0.05, 0) is 18.2 Å². The van der Waals surface area contributed by atoms with Crippen molar-refractivity contribution in [1.29, 1.82) is 0 Å². The van der Waals surface area contributed by atoms with Crippen LogP contribution in [0.25, 0.3) is 11.4 Å². The van der Waals surface area contributed by atoms with Gasteiger partial charge in [-0.1, -0.05) is 0 Å². The van der Waals surface area contributed by atoms with Crippen LogP contribution in [0, 0.1) is 10.1 Å². The first-order chi connectivity index (χ1) is 13.0. The van der Waals surface area contributed by atoms with Gasteiger partial charge in [-0.15, -0.1) is 0 Å². The van der Waals surface area contributed by atoms with E-state index in [1.807, 2.05) is 0 Å². The van der Waals surface area contributed by atoms with Crippen LogP contribution >= 0.6 is 0 Å². The molecule has 0 fully saturated rings. The number of rotatable bonds is 6. The van der Waals surface area contributed by atoms with Crippen LogP contribution in [-0.2, 0) is 7.05 Å². The molecule has 0 saturated heterocycles. The maximum absolute atomic E-state index is 12.3. The number of carbonyl (C=O) groups excluding carboxylic acids is 1. The molecule has 3 rings (SSSR count). The lowest BCUT2D eigenvalue weighted by Crippen LogP contribution is -2.24. The Morgan fingerprint density at radius 1 is 1.22 bits per heavy atom. The van der Waals surface area contributed by atoms with E-state index in [1.165, 1.54) is 54.5 Å². The Morgan fingerprint density at radius 2 is 1.96 bits per heavy atom. The van der Waals surface area contributed by atoms with E-state index in [0.717, 1.165) is 0 Å². The zero-order chi connectivity index (χ0) is 19.4. The van der Waals surface area contributed by atoms with Crippen LogP contribution in [0.4, 0.5) is 11.6 Å². The van der Waals surface area contributed by atoms with E-state index in [-0.39, 0.29) is 29.5 Å². The number of nitro benzene ring substituents is 1. The van der Waals surface area contributed by atoms with Crippen LogP contribution in [0.15, 0.2) is 53.7 Å². The molecular weight excluding hydrogens is 352 g/mol. The van der Waals surface area contributed by atoms with Gasteiger partial charge in [0.25, 0.3) is 11.2 Å². The van der Waals surface area contributed by atoms with E-state index in [0.29, 0.717) is 17.0 Å². The lowest BCUT2D eigenvalue weighted by molar-refractivity contribution is -0.384. The number of aromatic nitrogens is 4. The highest BCUT2D eigenvalue weighted by atomic mass is 16.6. The second-order valence-electron chi connectivity index (χ2n) is 5.54. The van der Waals surface area contributed by atoms with Crippen LogP contribution < -0.4 is 10.9 Å². The monoisotopic (exact) mass is 366 g/mol. The van der Waals surface area contributed by atoms with E-state index in [9.17, 15) is 19.7 Å². The first kappa shape index (κ1) is 17.9. The molecule has 136 valence electrons. The Morgan fingerprint density at radius 3 is 2.59 bits per heavy atom. The molecule has 1 N–H and O–H groups in total. The summed E-state index contributed by atoms with van der Waals surface area (Å²) in [6.07, 6.45) is 2.88. The minimum Gasteiger partial charge on any atom is -0.348 e. The Balaban J connectivity index is 1.79. The maximum atomic E-state index is 12.3. The number of hydrogen-bond acceptors (Lipinski definition) is 8. The summed E-state index contributed by atoms with van der Waals surface area (Å²) in [4.78, 5) is 46.8. The summed E-state index contributed by atoms with van der Waals surface area (Å²) >= 11 is 0. The van der Waals surface area contributed by atoms with Gasteiger partial charge in [0.15, 0.2) is 5.78 Å². The first-order valence-corrected chi connectivity index (χ1v) is 7.81. The number of nitro groups is 1. The second kappa shape index (κ2) is 7.52. The van der Waals surface area contributed by atoms with Crippen LogP contribution in [0.2, 0.25) is 0 Å². The Hall–Kier alpha value is -3.95. The number of anilines is 1. The summed E-state index contributed by atoms with van der Waals surface area (Å²) in [6.45, 7) is -0.134. The van der Waals surface area contributed by atoms with Gasteiger partial charge >= 0.3 is 0 Å². The van der Waals surface area contributed by atoms with Crippen LogP contribution in [0.3, 0.4) is 0 Å². The largest absolute Gasteiger partial charge is 0.348 e. The van der Waals surface area contributed by atoms with Crippen molar-refractivity contribution in [2.45, 2.75) is 0 Å². The lowest BCUT2D eigenvalue weighted by Gasteiger charge is -2.11. The molecule has 0 aliphatic carbocycles. The van der Waals surface area contributed by atoms with Crippen molar-refractivity contribution < 1.29 is 9.72 Å². The lowest BCUT2D eigenvalue weighted by atomic mass is 10.1. The van der Waals surface area contributed by atoms with Crippen LogP contribution in [-0.4, -0.2) is 36.8 Å². The minimum atomic E-state index is -0.537. The van der Waals surface area contributed by atoms with Crippen molar-refractivity contribution in [3.05, 3.63) is 75.0 Å². The van der Waals surface area contributed by atoms with Crippen molar-refractivity contribution in [2.24, 2.45) is 7.05 Å². The van der Waals surface area contributed by atoms with Crippen molar-refractivity contribution in [1.82, 2.24) is 19.5 Å². The molecule has 0 saturated carbocycles. The summed E-state index contributed by atoms with van der Waals surface area (Å²) in [7, 11) is 1.53. The molecular formula is C17H14N6O4. The molecule has 0 radical (unpaired) electrons. The number of nitrogens with zero attached hydrogens (tertiary/aromatic N) is 5. The van der Waals surface area contributed by atoms with Gasteiger partial charge in [-0.25, -0.2) is 15.0 Å². The zero-order valence-electron chi connectivity index (χ0n) is 14.2. The van der Waals surface area contributed by atoms with Crippen molar-refractivity contribution in [3.63, 3.8) is 0 Å². The Bertz CT molecular complexity index is 1050. The topological polar surface area (TPSA) is 133 Å². The number of hydrogen-bond donors (Lipinski definition) is 1. The molecule has 10 nitrogen and oxygen atoms in total. The quantitative estimate of drug-likeness (QED) is 0.393. The number of benzene rings is 1. The summed E-state index contributed by atoms with van der Waals surface area (Å²) in [5.41, 5.74) is 0.730. The number of carbonyl (C=O) groups is 1. The molecule has 0 unspecified atom stereocenters. The summed E-state index contributed by atoms with van der Waals surface area (Å²) < 4.78 is 1.27. The maximum Gasteiger partial charge on any atom is 0.269 e. The highest BCUT2D eigenvalue weighted by molar-refractivity contribution is 5.99. The summed E-state index contributed by atoms with van der Waals surface area (Å²) in [5, 5.41) is 13.5. The third-order valence-corrected chi connectivity index (χ3v) is 3.79. The van der Waals surface area contributed by atoms with Crippen molar-refractivity contribution in [2.75, 3.05) is 11.9 Å². The average molecular weight is 366 g/mol. The van der Waals surface area contributed by atoms with Crippen LogP contribution in [0.5, 0.6) is 0 Å². The molecule has 0 aliphatic rings. The number of non-ortho nitro benzene ring substituents is 1. The predicted molar refractivity (Wildman–Crippen MR) is 96.4 cm³/mol. The molecule has 2 aromatic heterocycles. The molecule has 1 aromatic carbocycles. The fraction of sp³-hybridized carbons (Fsp3) is 0.118. The zero-order valence-corrected chi connectivity index (χ0v) is 14.2. The van der Waals surface area contributed by atoms with Gasteiger partial charge in [0.1, 0.15) is 6.33 Å². The number of ketones is 1. The highest BCUT2D eigenvalue weighted by Gasteiger charge is 2.12. The fourth-order valence-corrected chi connectivity index (χ4v) is 2.30. The average Bonchev–Trinajstić information content (AvgIpc) is 2.69. The normalized spacial score (nSPS) is 10.4. The van der Waals surface area contributed by atoms with Gasteiger partial charge in [0, 0.05) is 37.0 Å². The molecule has 2 heterocycles. The van der Waals surface area contributed by atoms with Gasteiger partial charge in [0.05, 0.1) is 22.9 Å². The van der Waals surface area contributed by atoms with E-state index in [4.69, 9.17) is 0 Å². The third-order valence-electron chi connectivity index (χ3n) is 3.79. The first-order valence-electron chi connectivity index (χ1n) is 7.81. The molecule has 0 spiro atoms. The van der Waals surface area contributed by atoms with Gasteiger partial charge in [-0.2, -0.15) is 0 Å². The molecule has 0 aliphatic heterocycles. The predicted octanol–water partition coefficient (Wildman–Crippen LogP) is 1.44. The van der Waals surface area contributed by atoms with E-state index in [1.54, 1.807) is 6.07 Å². The van der Waals surface area contributed by atoms with Gasteiger partial charge < -0.3 is 5.32 Å². The Labute approximate surface area is 152 Å². The molecule has 3 aromatic rings. The van der Waals surface area contributed by atoms with Crippen molar-refractivity contribution >= 4 is 17.4 Å². The standard InChI is InChI=1S/C17H14N6O4/c1-22-16(25)8-14(13-6-7-18-10-20-13)21-17(22)19-9-15(24)11-2-4-12(5-3-11)23(26)27/h2-8,10H,9H2,1H3,(H,19,21). The smallest absolute Gasteiger partial charge is 0.269 e. The molecule has 0 bridgehead atoms. The minimum absolute atomic E-state index is 0.0962. The van der Waals surface area contributed by atoms with Gasteiger partial charge in [0.2, 0.25) is 5.95 Å².